The van der Waals surface area contributed by atoms with E-state index in [9.17, 15) is 9.90 Å². The van der Waals surface area contributed by atoms with Crippen molar-refractivity contribution in [3.05, 3.63) is 51.9 Å². The highest BCUT2D eigenvalue weighted by molar-refractivity contribution is 5.78. The second kappa shape index (κ2) is 6.57. The molecule has 2 N–H and O–H groups in total. The molecule has 1 aliphatic carbocycles. The summed E-state index contributed by atoms with van der Waals surface area (Å²) in [4.78, 5) is 17.5. The molecule has 136 valence electrons. The maximum atomic E-state index is 12.9. The van der Waals surface area contributed by atoms with Gasteiger partial charge < -0.3 is 10.4 Å². The Bertz CT molecular complexity index is 993. The molecule has 3 aromatic rings. The van der Waals surface area contributed by atoms with Gasteiger partial charge in [0.05, 0.1) is 24.4 Å². The summed E-state index contributed by atoms with van der Waals surface area (Å²) in [5.41, 5.74) is 2.22. The molecule has 0 saturated heterocycles. The molecule has 2 aromatic heterocycles. The molecule has 2 atom stereocenters. The third-order valence-corrected chi connectivity index (χ3v) is 5.12. The van der Waals surface area contributed by atoms with Gasteiger partial charge in [0.1, 0.15) is 5.39 Å². The fourth-order valence-corrected chi connectivity index (χ4v) is 3.64. The van der Waals surface area contributed by atoms with Crippen molar-refractivity contribution in [1.29, 1.82) is 0 Å². The fourth-order valence-electron chi connectivity index (χ4n) is 3.64. The Labute approximate surface area is 151 Å². The average Bonchev–Trinajstić information content (AvgIpc) is 3.17. The van der Waals surface area contributed by atoms with Crippen LogP contribution in [0.5, 0.6) is 0 Å². The number of rotatable bonds is 4. The minimum Gasteiger partial charge on any atom is -0.391 e. The number of benzene rings is 1. The molecule has 1 aliphatic rings. The van der Waals surface area contributed by atoms with Crippen molar-refractivity contribution in [3.8, 4) is 0 Å². The van der Waals surface area contributed by atoms with Crippen molar-refractivity contribution in [3.63, 3.8) is 0 Å². The van der Waals surface area contributed by atoms with E-state index in [1.54, 1.807) is 11.7 Å². The number of hydrogen-bond donors (Lipinski definition) is 2. The molecule has 1 fully saturated rings. The van der Waals surface area contributed by atoms with Crippen LogP contribution in [0.4, 0.5) is 5.95 Å². The van der Waals surface area contributed by atoms with Crippen LogP contribution in [-0.4, -0.2) is 36.6 Å². The van der Waals surface area contributed by atoms with Crippen molar-refractivity contribution >= 4 is 17.0 Å². The monoisotopic (exact) mass is 353 g/mol. The number of nitrogens with zero attached hydrogens (tertiary/aromatic N) is 4. The Kier molecular flexibility index (Phi) is 4.24. The van der Waals surface area contributed by atoms with Crippen molar-refractivity contribution < 1.29 is 5.11 Å². The van der Waals surface area contributed by atoms with E-state index in [1.807, 2.05) is 37.3 Å². The van der Waals surface area contributed by atoms with Gasteiger partial charge in [0.15, 0.2) is 5.65 Å². The number of nitrogens with one attached hydrogen (secondary N) is 1. The second-order valence-electron chi connectivity index (χ2n) is 6.98. The molecule has 4 rings (SSSR count). The lowest BCUT2D eigenvalue weighted by Gasteiger charge is -2.19. The van der Waals surface area contributed by atoms with Gasteiger partial charge in [-0.25, -0.2) is 4.68 Å². The molecule has 0 radical (unpaired) electrons. The lowest BCUT2D eigenvalue weighted by molar-refractivity contribution is 0.171. The predicted molar refractivity (Wildman–Crippen MR) is 100 cm³/mol. The molecule has 7 heteroatoms. The van der Waals surface area contributed by atoms with Crippen molar-refractivity contribution in [1.82, 2.24) is 19.3 Å². The molecule has 0 amide bonds. The average molecular weight is 353 g/mol. The van der Waals surface area contributed by atoms with Gasteiger partial charge in [0.2, 0.25) is 5.95 Å². The van der Waals surface area contributed by atoms with Crippen LogP contribution in [0.1, 0.15) is 30.5 Å². The summed E-state index contributed by atoms with van der Waals surface area (Å²) in [5.74, 6) is 0.475. The summed E-state index contributed by atoms with van der Waals surface area (Å²) >= 11 is 0. The molecule has 0 aliphatic heterocycles. The van der Waals surface area contributed by atoms with E-state index in [1.165, 1.54) is 4.57 Å². The number of aliphatic hydroxyl groups is 1. The number of anilines is 1. The first-order valence-corrected chi connectivity index (χ1v) is 8.97. The third kappa shape index (κ3) is 2.88. The van der Waals surface area contributed by atoms with Crippen LogP contribution >= 0.6 is 0 Å². The first kappa shape index (κ1) is 16.8. The molecule has 2 heterocycles. The van der Waals surface area contributed by atoms with Gasteiger partial charge in [-0.3, -0.25) is 9.36 Å². The van der Waals surface area contributed by atoms with Crippen molar-refractivity contribution in [2.45, 2.75) is 44.9 Å². The molecule has 26 heavy (non-hydrogen) atoms. The van der Waals surface area contributed by atoms with Crippen LogP contribution in [-0.2, 0) is 13.6 Å². The standard InChI is InChI=1S/C19H23N5O2/c1-12-16-17(24(22-12)11-13-7-4-3-5-8-13)21-19(23(2)18(16)26)20-14-9-6-10-15(14)25/h3-5,7-8,14-15,25H,6,9-11H2,1-2H3,(H,20,21)/t14-,15-/m1/s1. The molecular formula is C19H23N5O2. The summed E-state index contributed by atoms with van der Waals surface area (Å²) in [6.07, 6.45) is 2.22. The minimum absolute atomic E-state index is 0.0721. The van der Waals surface area contributed by atoms with E-state index in [0.717, 1.165) is 24.8 Å². The van der Waals surface area contributed by atoms with Crippen LogP contribution in [0.15, 0.2) is 35.1 Å². The smallest absolute Gasteiger partial charge is 0.266 e. The zero-order valence-corrected chi connectivity index (χ0v) is 15.0. The molecule has 0 bridgehead atoms. The maximum Gasteiger partial charge on any atom is 0.266 e. The largest absolute Gasteiger partial charge is 0.391 e. The third-order valence-electron chi connectivity index (χ3n) is 5.12. The van der Waals surface area contributed by atoms with Gasteiger partial charge in [-0.2, -0.15) is 10.1 Å². The Morgan fingerprint density at radius 3 is 2.73 bits per heavy atom. The normalized spacial score (nSPS) is 20.0. The Hall–Kier alpha value is -2.67. The van der Waals surface area contributed by atoms with Crippen LogP contribution in [0.3, 0.4) is 0 Å². The first-order valence-electron chi connectivity index (χ1n) is 8.97. The zero-order valence-electron chi connectivity index (χ0n) is 15.0. The minimum atomic E-state index is -0.404. The highest BCUT2D eigenvalue weighted by atomic mass is 16.3. The van der Waals surface area contributed by atoms with E-state index < -0.39 is 6.10 Å². The van der Waals surface area contributed by atoms with Gasteiger partial charge >= 0.3 is 0 Å². The quantitative estimate of drug-likeness (QED) is 0.747. The summed E-state index contributed by atoms with van der Waals surface area (Å²) in [6, 6.07) is 9.91. The van der Waals surface area contributed by atoms with E-state index >= 15 is 0 Å². The SMILES string of the molecule is Cc1nn(Cc2ccccc2)c2nc(N[C@@H]3CCC[C@H]3O)n(C)c(=O)c12. The van der Waals surface area contributed by atoms with Crippen molar-refractivity contribution in [2.24, 2.45) is 7.05 Å². The first-order chi connectivity index (χ1) is 12.5. The van der Waals surface area contributed by atoms with Crippen LogP contribution in [0.2, 0.25) is 0 Å². The molecular weight excluding hydrogens is 330 g/mol. The molecule has 1 aromatic carbocycles. The number of aryl methyl sites for hydroxylation is 1. The van der Waals surface area contributed by atoms with Gasteiger partial charge in [0, 0.05) is 7.05 Å². The van der Waals surface area contributed by atoms with Crippen LogP contribution in [0, 0.1) is 6.92 Å². The van der Waals surface area contributed by atoms with Gasteiger partial charge in [-0.1, -0.05) is 30.3 Å². The molecule has 0 spiro atoms. The zero-order chi connectivity index (χ0) is 18.3. The molecule has 7 nitrogen and oxygen atoms in total. The fraction of sp³-hybridized carbons (Fsp3) is 0.421. The van der Waals surface area contributed by atoms with Gasteiger partial charge in [-0.05, 0) is 31.7 Å². The van der Waals surface area contributed by atoms with Crippen LogP contribution in [0.25, 0.3) is 11.0 Å². The predicted octanol–water partition coefficient (Wildman–Crippen LogP) is 1.81. The lowest BCUT2D eigenvalue weighted by atomic mass is 10.2. The number of aliphatic hydroxyl groups excluding tert-OH is 1. The van der Waals surface area contributed by atoms with Crippen molar-refractivity contribution in [2.75, 3.05) is 5.32 Å². The van der Waals surface area contributed by atoms with E-state index in [0.29, 0.717) is 29.2 Å². The Balaban J connectivity index is 1.78. The van der Waals surface area contributed by atoms with Crippen LogP contribution < -0.4 is 10.9 Å². The number of aromatic nitrogens is 4. The molecule has 0 unspecified atom stereocenters. The lowest BCUT2D eigenvalue weighted by Crippen LogP contribution is -2.32. The summed E-state index contributed by atoms with van der Waals surface area (Å²) in [7, 11) is 1.70. The summed E-state index contributed by atoms with van der Waals surface area (Å²) in [5, 5.41) is 18.4. The second-order valence-corrected chi connectivity index (χ2v) is 6.98. The van der Waals surface area contributed by atoms with Gasteiger partial charge in [0.25, 0.3) is 5.56 Å². The topological polar surface area (TPSA) is 85.0 Å². The molecule has 1 saturated carbocycles. The van der Waals surface area contributed by atoms with Gasteiger partial charge in [-0.15, -0.1) is 0 Å². The Morgan fingerprint density at radius 1 is 1.27 bits per heavy atom. The summed E-state index contributed by atoms with van der Waals surface area (Å²) in [6.45, 7) is 2.39. The van der Waals surface area contributed by atoms with E-state index in [-0.39, 0.29) is 11.6 Å². The number of fused-ring (bicyclic) bond motifs is 1. The summed E-state index contributed by atoms with van der Waals surface area (Å²) < 4.78 is 3.28. The Morgan fingerprint density at radius 2 is 2.04 bits per heavy atom. The number of hydrogen-bond acceptors (Lipinski definition) is 5. The van der Waals surface area contributed by atoms with E-state index in [2.05, 4.69) is 10.4 Å². The highest BCUT2D eigenvalue weighted by Crippen LogP contribution is 2.23. The highest BCUT2D eigenvalue weighted by Gasteiger charge is 2.27. The maximum absolute atomic E-state index is 12.9. The van der Waals surface area contributed by atoms with E-state index in [4.69, 9.17) is 4.98 Å².